The van der Waals surface area contributed by atoms with E-state index >= 15 is 0 Å². The fourth-order valence-electron chi connectivity index (χ4n) is 4.01. The Balaban J connectivity index is 1.80. The number of rotatable bonds is 11. The lowest BCUT2D eigenvalue weighted by atomic mass is 9.86. The number of nitrogens with zero attached hydrogens (tertiary/aromatic N) is 2. The standard InChI is InChI=1S/C30H38N2O3S/c1-23-12-17-27(36-23)21-32(20-24-10-7-6-8-11-24)28(33)22-31(18-9-19-35-5)29(34)25-13-15-26(16-14-25)30(2,3)4/h6-8,10-17H,9,18-22H2,1-5H3. The highest BCUT2D eigenvalue weighted by Gasteiger charge is 2.24. The van der Waals surface area contributed by atoms with Gasteiger partial charge in [-0.1, -0.05) is 63.2 Å². The highest BCUT2D eigenvalue weighted by molar-refractivity contribution is 7.11. The summed E-state index contributed by atoms with van der Waals surface area (Å²) in [6.45, 7) is 10.5. The Hall–Kier alpha value is -2.96. The second-order valence-corrected chi connectivity index (χ2v) is 11.5. The topological polar surface area (TPSA) is 49.9 Å². The molecule has 5 nitrogen and oxygen atoms in total. The van der Waals surface area contributed by atoms with Crippen LogP contribution in [0.5, 0.6) is 0 Å². The number of ether oxygens (including phenoxy) is 1. The van der Waals surface area contributed by atoms with E-state index in [1.165, 1.54) is 10.4 Å². The van der Waals surface area contributed by atoms with Crippen molar-refractivity contribution in [1.82, 2.24) is 9.80 Å². The lowest BCUT2D eigenvalue weighted by Gasteiger charge is -2.28. The maximum absolute atomic E-state index is 13.6. The number of amides is 2. The van der Waals surface area contributed by atoms with Crippen molar-refractivity contribution in [1.29, 1.82) is 0 Å². The molecule has 36 heavy (non-hydrogen) atoms. The van der Waals surface area contributed by atoms with E-state index in [0.29, 0.717) is 38.2 Å². The van der Waals surface area contributed by atoms with E-state index in [9.17, 15) is 9.59 Å². The van der Waals surface area contributed by atoms with Gasteiger partial charge in [-0.25, -0.2) is 0 Å². The molecular weight excluding hydrogens is 468 g/mol. The van der Waals surface area contributed by atoms with Crippen molar-refractivity contribution < 1.29 is 14.3 Å². The zero-order valence-electron chi connectivity index (χ0n) is 22.1. The van der Waals surface area contributed by atoms with Gasteiger partial charge in [-0.2, -0.15) is 0 Å². The molecule has 0 spiro atoms. The predicted octanol–water partition coefficient (Wildman–Crippen LogP) is 6.06. The molecule has 0 saturated carbocycles. The summed E-state index contributed by atoms with van der Waals surface area (Å²) in [5.74, 6) is -0.200. The molecule has 0 N–H and O–H groups in total. The number of carbonyl (C=O) groups is 2. The molecule has 0 aliphatic rings. The van der Waals surface area contributed by atoms with Crippen LogP contribution in [0.1, 0.15) is 58.4 Å². The van der Waals surface area contributed by atoms with E-state index in [1.54, 1.807) is 23.3 Å². The highest BCUT2D eigenvalue weighted by atomic mass is 32.1. The van der Waals surface area contributed by atoms with Crippen molar-refractivity contribution in [3.8, 4) is 0 Å². The monoisotopic (exact) mass is 506 g/mol. The van der Waals surface area contributed by atoms with Gasteiger partial charge >= 0.3 is 0 Å². The molecule has 6 heteroatoms. The molecule has 1 heterocycles. The number of aryl methyl sites for hydroxylation is 1. The minimum atomic E-state index is -0.133. The molecule has 2 amide bonds. The highest BCUT2D eigenvalue weighted by Crippen LogP contribution is 2.23. The first-order chi connectivity index (χ1) is 17.2. The van der Waals surface area contributed by atoms with Gasteiger partial charge < -0.3 is 14.5 Å². The summed E-state index contributed by atoms with van der Waals surface area (Å²) in [5, 5.41) is 0. The zero-order chi connectivity index (χ0) is 26.1. The van der Waals surface area contributed by atoms with Gasteiger partial charge in [0.15, 0.2) is 0 Å². The molecule has 0 bridgehead atoms. The van der Waals surface area contributed by atoms with Crippen molar-refractivity contribution in [2.24, 2.45) is 0 Å². The van der Waals surface area contributed by atoms with Crippen LogP contribution in [0.3, 0.4) is 0 Å². The largest absolute Gasteiger partial charge is 0.385 e. The van der Waals surface area contributed by atoms with Crippen LogP contribution in [0, 0.1) is 6.92 Å². The molecule has 0 atom stereocenters. The summed E-state index contributed by atoms with van der Waals surface area (Å²) in [7, 11) is 1.65. The maximum Gasteiger partial charge on any atom is 0.254 e. The van der Waals surface area contributed by atoms with Crippen LogP contribution < -0.4 is 0 Å². The second kappa shape index (κ2) is 12.8. The normalized spacial score (nSPS) is 11.4. The maximum atomic E-state index is 13.6. The van der Waals surface area contributed by atoms with E-state index in [2.05, 4.69) is 39.8 Å². The number of hydrogen-bond acceptors (Lipinski definition) is 4. The van der Waals surface area contributed by atoms with E-state index in [-0.39, 0.29) is 23.8 Å². The average molecular weight is 507 g/mol. The lowest BCUT2D eigenvalue weighted by Crippen LogP contribution is -2.43. The van der Waals surface area contributed by atoms with Crippen LogP contribution in [-0.2, 0) is 28.0 Å². The SMILES string of the molecule is COCCCN(CC(=O)N(Cc1ccccc1)Cc1ccc(C)s1)C(=O)c1ccc(C(C)(C)C)cc1. The van der Waals surface area contributed by atoms with Crippen LogP contribution >= 0.6 is 11.3 Å². The van der Waals surface area contributed by atoms with Crippen molar-refractivity contribution in [3.05, 3.63) is 93.2 Å². The fourth-order valence-corrected chi connectivity index (χ4v) is 4.91. The summed E-state index contributed by atoms with van der Waals surface area (Å²) in [4.78, 5) is 33.0. The lowest BCUT2D eigenvalue weighted by molar-refractivity contribution is -0.133. The van der Waals surface area contributed by atoms with E-state index < -0.39 is 0 Å². The van der Waals surface area contributed by atoms with Gasteiger partial charge in [0.05, 0.1) is 6.54 Å². The van der Waals surface area contributed by atoms with Gasteiger partial charge in [0, 0.05) is 42.1 Å². The third-order valence-corrected chi connectivity index (χ3v) is 7.08. The Morgan fingerprint density at radius 2 is 1.58 bits per heavy atom. The average Bonchev–Trinajstić information content (AvgIpc) is 3.27. The van der Waals surface area contributed by atoms with Gasteiger partial charge in [0.1, 0.15) is 6.54 Å². The fraction of sp³-hybridized carbons (Fsp3) is 0.400. The first-order valence-electron chi connectivity index (χ1n) is 12.4. The van der Waals surface area contributed by atoms with E-state index in [1.807, 2.05) is 59.5 Å². The van der Waals surface area contributed by atoms with Crippen molar-refractivity contribution in [2.75, 3.05) is 26.8 Å². The molecule has 192 valence electrons. The van der Waals surface area contributed by atoms with Gasteiger partial charge in [-0.05, 0) is 54.2 Å². The Morgan fingerprint density at radius 1 is 0.889 bits per heavy atom. The quantitative estimate of drug-likeness (QED) is 0.297. The second-order valence-electron chi connectivity index (χ2n) is 10.1. The van der Waals surface area contributed by atoms with Crippen molar-refractivity contribution >= 4 is 23.2 Å². The smallest absolute Gasteiger partial charge is 0.254 e. The molecule has 0 aliphatic heterocycles. The summed E-state index contributed by atoms with van der Waals surface area (Å²) >= 11 is 1.70. The Morgan fingerprint density at radius 3 is 2.17 bits per heavy atom. The molecule has 3 rings (SSSR count). The number of benzene rings is 2. The Bertz CT molecular complexity index is 1120. The third-order valence-electron chi connectivity index (χ3n) is 6.10. The summed E-state index contributed by atoms with van der Waals surface area (Å²) < 4.78 is 5.21. The molecule has 0 fully saturated rings. The summed E-state index contributed by atoms with van der Waals surface area (Å²) in [5.41, 5.74) is 2.83. The van der Waals surface area contributed by atoms with Crippen LogP contribution in [0.25, 0.3) is 0 Å². The van der Waals surface area contributed by atoms with Gasteiger partial charge in [0.2, 0.25) is 5.91 Å². The minimum Gasteiger partial charge on any atom is -0.385 e. The molecule has 3 aromatic rings. The number of thiophene rings is 1. The number of methoxy groups -OCH3 is 1. The molecule has 0 radical (unpaired) electrons. The van der Waals surface area contributed by atoms with Crippen LogP contribution in [-0.4, -0.2) is 48.4 Å². The number of carbonyl (C=O) groups excluding carboxylic acids is 2. The minimum absolute atomic E-state index is 0.00772. The molecule has 0 saturated heterocycles. The van der Waals surface area contributed by atoms with Crippen LogP contribution in [0.4, 0.5) is 0 Å². The summed E-state index contributed by atoms with van der Waals surface area (Å²) in [6, 6.07) is 21.9. The Labute approximate surface area is 219 Å². The van der Waals surface area contributed by atoms with Crippen LogP contribution in [0.15, 0.2) is 66.7 Å². The van der Waals surface area contributed by atoms with Gasteiger partial charge in [0.25, 0.3) is 5.91 Å². The molecule has 2 aromatic carbocycles. The first-order valence-corrected chi connectivity index (χ1v) is 13.2. The molecule has 0 aliphatic carbocycles. The molecule has 1 aromatic heterocycles. The number of hydrogen-bond donors (Lipinski definition) is 0. The van der Waals surface area contributed by atoms with Gasteiger partial charge in [-0.15, -0.1) is 11.3 Å². The van der Waals surface area contributed by atoms with Crippen molar-refractivity contribution in [3.63, 3.8) is 0 Å². The van der Waals surface area contributed by atoms with Gasteiger partial charge in [-0.3, -0.25) is 9.59 Å². The van der Waals surface area contributed by atoms with Crippen molar-refractivity contribution in [2.45, 2.75) is 52.6 Å². The molecule has 0 unspecified atom stereocenters. The van der Waals surface area contributed by atoms with E-state index in [0.717, 1.165) is 10.4 Å². The predicted molar refractivity (Wildman–Crippen MR) is 147 cm³/mol. The van der Waals surface area contributed by atoms with E-state index in [4.69, 9.17) is 4.74 Å². The summed E-state index contributed by atoms with van der Waals surface area (Å²) in [6.07, 6.45) is 0.665. The molecular formula is C30H38N2O3S. The first kappa shape index (κ1) is 27.6. The zero-order valence-corrected chi connectivity index (χ0v) is 22.9. The Kier molecular flexibility index (Phi) is 9.85. The van der Waals surface area contributed by atoms with Crippen LogP contribution in [0.2, 0.25) is 0 Å². The third kappa shape index (κ3) is 8.04.